The van der Waals surface area contributed by atoms with Crippen LogP contribution in [0.15, 0.2) is 18.2 Å². The van der Waals surface area contributed by atoms with Crippen molar-refractivity contribution in [3.05, 3.63) is 23.8 Å². The van der Waals surface area contributed by atoms with Crippen LogP contribution in [0.25, 0.3) is 0 Å². The fourth-order valence-corrected chi connectivity index (χ4v) is 2.54. The normalized spacial score (nSPS) is 17.9. The molecule has 0 heterocycles. The lowest BCUT2D eigenvalue weighted by Gasteiger charge is -2.32. The third kappa shape index (κ3) is 3.61. The van der Waals surface area contributed by atoms with Crippen molar-refractivity contribution in [2.75, 3.05) is 18.0 Å². The van der Waals surface area contributed by atoms with Crippen LogP contribution in [0.2, 0.25) is 0 Å². The summed E-state index contributed by atoms with van der Waals surface area (Å²) in [6.45, 7) is 0.278. The molecular weight excluding hydrogens is 242 g/mol. The van der Waals surface area contributed by atoms with Crippen LogP contribution in [0.4, 0.5) is 11.4 Å². The average Bonchev–Trinajstić information content (AvgIpc) is 2.36. The second-order valence-corrected chi connectivity index (χ2v) is 5.36. The minimum atomic E-state index is -0.764. The van der Waals surface area contributed by atoms with E-state index in [2.05, 4.69) is 5.32 Å². The summed E-state index contributed by atoms with van der Waals surface area (Å²) in [6.07, 6.45) is 4.66. The maximum atomic E-state index is 12.0. The predicted molar refractivity (Wildman–Crippen MR) is 75.6 cm³/mol. The van der Waals surface area contributed by atoms with Gasteiger partial charge in [0.05, 0.1) is 5.60 Å². The van der Waals surface area contributed by atoms with E-state index in [1.807, 2.05) is 0 Å². The van der Waals surface area contributed by atoms with E-state index in [0.717, 1.165) is 32.1 Å². The summed E-state index contributed by atoms with van der Waals surface area (Å²) in [6, 6.07) is 4.76. The Morgan fingerprint density at radius 1 is 1.16 bits per heavy atom. The number of amides is 1. The molecule has 1 aliphatic rings. The summed E-state index contributed by atoms with van der Waals surface area (Å²) >= 11 is 0. The van der Waals surface area contributed by atoms with Crippen molar-refractivity contribution in [3.63, 3.8) is 0 Å². The summed E-state index contributed by atoms with van der Waals surface area (Å²) in [4.78, 5) is 12.0. The number of nitrogens with two attached hydrogens (primary N) is 2. The minimum Gasteiger partial charge on any atom is -0.399 e. The molecule has 1 amide bonds. The van der Waals surface area contributed by atoms with Gasteiger partial charge in [-0.2, -0.15) is 0 Å². The zero-order valence-electron chi connectivity index (χ0n) is 11.0. The lowest BCUT2D eigenvalue weighted by Crippen LogP contribution is -2.44. The molecule has 5 nitrogen and oxygen atoms in total. The lowest BCUT2D eigenvalue weighted by atomic mass is 9.85. The van der Waals surface area contributed by atoms with Crippen molar-refractivity contribution < 1.29 is 9.90 Å². The number of benzene rings is 1. The molecule has 1 fully saturated rings. The molecule has 0 spiro atoms. The highest BCUT2D eigenvalue weighted by atomic mass is 16.3. The van der Waals surface area contributed by atoms with Crippen LogP contribution < -0.4 is 16.8 Å². The van der Waals surface area contributed by atoms with Gasteiger partial charge >= 0.3 is 0 Å². The van der Waals surface area contributed by atoms with Crippen molar-refractivity contribution in [2.45, 2.75) is 37.7 Å². The fraction of sp³-hybridized carbons (Fsp3) is 0.500. The van der Waals surface area contributed by atoms with E-state index in [-0.39, 0.29) is 12.5 Å². The van der Waals surface area contributed by atoms with Crippen molar-refractivity contribution in [2.24, 2.45) is 0 Å². The van der Waals surface area contributed by atoms with Gasteiger partial charge in [0.15, 0.2) is 0 Å². The molecule has 104 valence electrons. The summed E-state index contributed by atoms with van der Waals surface area (Å²) in [5.74, 6) is -0.252. The van der Waals surface area contributed by atoms with Crippen molar-refractivity contribution >= 4 is 17.3 Å². The molecule has 1 aromatic rings. The standard InChI is InChI=1S/C14H21N3O2/c15-11-6-10(7-12(16)8-11)13(18)17-9-14(19)4-2-1-3-5-14/h6-8,19H,1-5,9,15-16H2,(H,17,18). The van der Waals surface area contributed by atoms with E-state index in [1.165, 1.54) is 0 Å². The van der Waals surface area contributed by atoms with E-state index < -0.39 is 5.60 Å². The van der Waals surface area contributed by atoms with Gasteiger partial charge in [-0.15, -0.1) is 0 Å². The van der Waals surface area contributed by atoms with E-state index in [0.29, 0.717) is 16.9 Å². The minimum absolute atomic E-state index is 0.252. The van der Waals surface area contributed by atoms with Crippen molar-refractivity contribution in [1.82, 2.24) is 5.32 Å². The SMILES string of the molecule is Nc1cc(N)cc(C(=O)NCC2(O)CCCCC2)c1. The van der Waals surface area contributed by atoms with Gasteiger partial charge in [0, 0.05) is 23.5 Å². The van der Waals surface area contributed by atoms with E-state index in [4.69, 9.17) is 11.5 Å². The van der Waals surface area contributed by atoms with Crippen molar-refractivity contribution in [3.8, 4) is 0 Å². The summed E-state index contributed by atoms with van der Waals surface area (Å²) in [5.41, 5.74) is 11.9. The number of hydrogen-bond acceptors (Lipinski definition) is 4. The number of hydrogen-bond donors (Lipinski definition) is 4. The maximum absolute atomic E-state index is 12.0. The maximum Gasteiger partial charge on any atom is 0.251 e. The molecule has 5 heteroatoms. The molecule has 1 aromatic carbocycles. The first-order chi connectivity index (χ1) is 8.98. The van der Waals surface area contributed by atoms with Crippen LogP contribution in [0.1, 0.15) is 42.5 Å². The Kier molecular flexibility index (Phi) is 3.95. The highest BCUT2D eigenvalue weighted by molar-refractivity contribution is 5.96. The Morgan fingerprint density at radius 2 is 1.74 bits per heavy atom. The molecule has 0 saturated heterocycles. The van der Waals surface area contributed by atoms with Gasteiger partial charge in [-0.25, -0.2) is 0 Å². The second-order valence-electron chi connectivity index (χ2n) is 5.36. The zero-order valence-corrected chi connectivity index (χ0v) is 11.0. The van der Waals surface area contributed by atoms with Gasteiger partial charge in [0.2, 0.25) is 0 Å². The topological polar surface area (TPSA) is 101 Å². The molecule has 0 atom stereocenters. The van der Waals surface area contributed by atoms with E-state index >= 15 is 0 Å². The number of rotatable bonds is 3. The summed E-state index contributed by atoms with van der Waals surface area (Å²) in [5, 5.41) is 13.1. The van der Waals surface area contributed by atoms with Gasteiger partial charge < -0.3 is 21.9 Å². The van der Waals surface area contributed by atoms with Gasteiger partial charge in [-0.1, -0.05) is 19.3 Å². The lowest BCUT2D eigenvalue weighted by molar-refractivity contribution is 0.00526. The number of anilines is 2. The van der Waals surface area contributed by atoms with Crippen LogP contribution >= 0.6 is 0 Å². The average molecular weight is 263 g/mol. The highest BCUT2D eigenvalue weighted by Crippen LogP contribution is 2.27. The Balaban J connectivity index is 1.97. The van der Waals surface area contributed by atoms with Crippen LogP contribution in [-0.2, 0) is 0 Å². The first kappa shape index (κ1) is 13.7. The monoisotopic (exact) mass is 263 g/mol. The highest BCUT2D eigenvalue weighted by Gasteiger charge is 2.29. The van der Waals surface area contributed by atoms with Crippen LogP contribution in [0.5, 0.6) is 0 Å². The number of carbonyl (C=O) groups excluding carboxylic acids is 1. The Hall–Kier alpha value is -1.75. The number of aliphatic hydroxyl groups is 1. The zero-order chi connectivity index (χ0) is 13.9. The molecule has 1 aliphatic carbocycles. The van der Waals surface area contributed by atoms with Gasteiger partial charge in [-0.3, -0.25) is 4.79 Å². The molecule has 0 aromatic heterocycles. The number of nitrogen functional groups attached to an aromatic ring is 2. The fourth-order valence-electron chi connectivity index (χ4n) is 2.54. The van der Waals surface area contributed by atoms with Gasteiger partial charge in [0.25, 0.3) is 5.91 Å². The third-order valence-electron chi connectivity index (χ3n) is 3.60. The van der Waals surface area contributed by atoms with Gasteiger partial charge in [0.1, 0.15) is 0 Å². The predicted octanol–water partition coefficient (Wildman–Crippen LogP) is 1.28. The smallest absolute Gasteiger partial charge is 0.251 e. The molecule has 0 radical (unpaired) electrons. The summed E-state index contributed by atoms with van der Waals surface area (Å²) < 4.78 is 0. The molecule has 0 bridgehead atoms. The number of carbonyl (C=O) groups is 1. The van der Waals surface area contributed by atoms with Crippen LogP contribution in [-0.4, -0.2) is 23.2 Å². The Bertz CT molecular complexity index is 448. The molecule has 2 rings (SSSR count). The molecule has 0 unspecified atom stereocenters. The second kappa shape index (κ2) is 5.48. The molecule has 1 saturated carbocycles. The van der Waals surface area contributed by atoms with Crippen molar-refractivity contribution in [1.29, 1.82) is 0 Å². The van der Waals surface area contributed by atoms with Crippen LogP contribution in [0, 0.1) is 0 Å². The first-order valence-corrected chi connectivity index (χ1v) is 6.65. The quantitative estimate of drug-likeness (QED) is 0.617. The number of nitrogens with one attached hydrogen (secondary N) is 1. The molecule has 6 N–H and O–H groups in total. The largest absolute Gasteiger partial charge is 0.399 e. The molecule has 0 aliphatic heterocycles. The molecule has 19 heavy (non-hydrogen) atoms. The van der Waals surface area contributed by atoms with E-state index in [9.17, 15) is 9.90 Å². The molecular formula is C14H21N3O2. The first-order valence-electron chi connectivity index (χ1n) is 6.65. The van der Waals surface area contributed by atoms with E-state index in [1.54, 1.807) is 18.2 Å². The Labute approximate surface area is 113 Å². The Morgan fingerprint density at radius 3 is 2.32 bits per heavy atom. The van der Waals surface area contributed by atoms with Gasteiger partial charge in [-0.05, 0) is 31.0 Å². The summed E-state index contributed by atoms with van der Waals surface area (Å²) in [7, 11) is 0. The third-order valence-corrected chi connectivity index (χ3v) is 3.60. The van der Waals surface area contributed by atoms with Crippen LogP contribution in [0.3, 0.4) is 0 Å².